The maximum Gasteiger partial charge on any atom is 0.315 e. The number of rotatable bonds is 8. The van der Waals surface area contributed by atoms with Crippen LogP contribution in [0.2, 0.25) is 0 Å². The average Bonchev–Trinajstić information content (AvgIpc) is 2.62. The summed E-state index contributed by atoms with van der Waals surface area (Å²) in [6.07, 6.45) is 0. The van der Waals surface area contributed by atoms with Crippen LogP contribution in [0.25, 0.3) is 0 Å². The number of ether oxygens (including phenoxy) is 2. The molecule has 1 heterocycles. The van der Waals surface area contributed by atoms with Crippen molar-refractivity contribution in [2.75, 3.05) is 45.2 Å². The van der Waals surface area contributed by atoms with E-state index in [1.807, 2.05) is 31.2 Å². The van der Waals surface area contributed by atoms with Crippen LogP contribution in [0, 0.1) is 0 Å². The zero-order valence-electron chi connectivity index (χ0n) is 14.4. The lowest BCUT2D eigenvalue weighted by Gasteiger charge is -2.26. The Morgan fingerprint density at radius 3 is 2.68 bits per heavy atom. The van der Waals surface area contributed by atoms with Crippen LogP contribution in [-0.2, 0) is 21.3 Å². The monoisotopic (exact) mass is 371 g/mol. The van der Waals surface area contributed by atoms with Crippen LogP contribution in [0.4, 0.5) is 4.79 Å². The van der Waals surface area contributed by atoms with Gasteiger partial charge in [-0.1, -0.05) is 18.2 Å². The largest absolute Gasteiger partial charge is 0.494 e. The van der Waals surface area contributed by atoms with E-state index >= 15 is 0 Å². The van der Waals surface area contributed by atoms with Crippen LogP contribution in [0.15, 0.2) is 24.3 Å². The standard InChI is InChI=1S/C16H25N3O5S/c1-2-24-15-6-4-3-5-14(15)13-18-16(20)17-7-12-25(21,22)19-8-10-23-11-9-19/h3-6H,2,7-13H2,1H3,(H2,17,18,20). The van der Waals surface area contributed by atoms with Gasteiger partial charge in [-0.25, -0.2) is 13.2 Å². The van der Waals surface area contributed by atoms with Crippen molar-refractivity contribution in [1.82, 2.24) is 14.9 Å². The molecular formula is C16H25N3O5S. The molecule has 2 N–H and O–H groups in total. The lowest BCUT2D eigenvalue weighted by atomic mass is 10.2. The van der Waals surface area contributed by atoms with Crippen molar-refractivity contribution < 1.29 is 22.7 Å². The molecule has 1 aliphatic heterocycles. The Morgan fingerprint density at radius 2 is 1.96 bits per heavy atom. The number of hydrogen-bond donors (Lipinski definition) is 2. The number of carbonyl (C=O) groups excluding carboxylic acids is 1. The molecule has 1 aromatic rings. The molecule has 25 heavy (non-hydrogen) atoms. The summed E-state index contributed by atoms with van der Waals surface area (Å²) < 4.78 is 36.3. The minimum absolute atomic E-state index is 0.0542. The van der Waals surface area contributed by atoms with Gasteiger partial charge in [0, 0.05) is 31.7 Å². The predicted molar refractivity (Wildman–Crippen MR) is 94.0 cm³/mol. The Labute approximate surface area is 148 Å². The molecule has 1 fully saturated rings. The summed E-state index contributed by atoms with van der Waals surface area (Å²) in [6, 6.07) is 7.03. The first-order valence-corrected chi connectivity index (χ1v) is 9.92. The smallest absolute Gasteiger partial charge is 0.315 e. The summed E-state index contributed by atoms with van der Waals surface area (Å²) in [7, 11) is -3.37. The van der Waals surface area contributed by atoms with E-state index in [1.54, 1.807) is 0 Å². The molecule has 0 aromatic heterocycles. The number of hydrogen-bond acceptors (Lipinski definition) is 5. The van der Waals surface area contributed by atoms with Gasteiger partial charge in [0.05, 0.1) is 25.6 Å². The van der Waals surface area contributed by atoms with Crippen LogP contribution in [0.5, 0.6) is 5.75 Å². The number of para-hydroxylation sites is 1. The summed E-state index contributed by atoms with van der Waals surface area (Å²) in [5.41, 5.74) is 0.862. The molecule has 2 rings (SSSR count). The molecule has 1 saturated heterocycles. The number of morpholine rings is 1. The van der Waals surface area contributed by atoms with Gasteiger partial charge in [0.1, 0.15) is 5.75 Å². The highest BCUT2D eigenvalue weighted by molar-refractivity contribution is 7.89. The third-order valence-corrected chi connectivity index (χ3v) is 5.59. The van der Waals surface area contributed by atoms with E-state index in [9.17, 15) is 13.2 Å². The number of amides is 2. The molecular weight excluding hydrogens is 346 g/mol. The third-order valence-electron chi connectivity index (χ3n) is 3.72. The first kappa shape index (κ1) is 19.5. The molecule has 0 bridgehead atoms. The van der Waals surface area contributed by atoms with Gasteiger partial charge in [-0.2, -0.15) is 4.31 Å². The lowest BCUT2D eigenvalue weighted by molar-refractivity contribution is 0.0730. The van der Waals surface area contributed by atoms with Gasteiger partial charge in [-0.3, -0.25) is 0 Å². The number of carbonyl (C=O) groups is 1. The highest BCUT2D eigenvalue weighted by atomic mass is 32.2. The third kappa shape index (κ3) is 6.18. The molecule has 2 amide bonds. The van der Waals surface area contributed by atoms with Gasteiger partial charge in [-0.15, -0.1) is 0 Å². The van der Waals surface area contributed by atoms with Crippen molar-refractivity contribution in [2.45, 2.75) is 13.5 Å². The number of benzene rings is 1. The Kier molecular flexibility index (Phi) is 7.48. The minimum Gasteiger partial charge on any atom is -0.494 e. The SMILES string of the molecule is CCOc1ccccc1CNC(=O)NCCS(=O)(=O)N1CCOCC1. The Morgan fingerprint density at radius 1 is 1.24 bits per heavy atom. The van der Waals surface area contributed by atoms with Crippen LogP contribution in [-0.4, -0.2) is 64.0 Å². The molecule has 0 radical (unpaired) electrons. The molecule has 0 atom stereocenters. The van der Waals surface area contributed by atoms with Crippen molar-refractivity contribution in [2.24, 2.45) is 0 Å². The summed E-state index contributed by atoms with van der Waals surface area (Å²) in [6.45, 7) is 4.34. The number of sulfonamides is 1. The van der Waals surface area contributed by atoms with Crippen LogP contribution in [0.3, 0.4) is 0 Å². The van der Waals surface area contributed by atoms with Gasteiger partial charge in [0.2, 0.25) is 10.0 Å². The summed E-state index contributed by atoms with van der Waals surface area (Å²) in [4.78, 5) is 11.9. The van der Waals surface area contributed by atoms with Gasteiger partial charge in [0.25, 0.3) is 0 Å². The van der Waals surface area contributed by atoms with E-state index in [-0.39, 0.29) is 12.3 Å². The molecule has 1 aromatic carbocycles. The van der Waals surface area contributed by atoms with E-state index in [0.29, 0.717) is 39.5 Å². The summed E-state index contributed by atoms with van der Waals surface area (Å²) >= 11 is 0. The molecule has 8 nitrogen and oxygen atoms in total. The van der Waals surface area contributed by atoms with Crippen LogP contribution >= 0.6 is 0 Å². The van der Waals surface area contributed by atoms with Crippen molar-refractivity contribution in [1.29, 1.82) is 0 Å². The van der Waals surface area contributed by atoms with Gasteiger partial charge in [0.15, 0.2) is 0 Å². The highest BCUT2D eigenvalue weighted by Crippen LogP contribution is 2.17. The first-order valence-electron chi connectivity index (χ1n) is 8.31. The predicted octanol–water partition coefficient (Wildman–Crippen LogP) is 0.547. The molecule has 0 spiro atoms. The Bertz CT molecular complexity index is 659. The van der Waals surface area contributed by atoms with Gasteiger partial charge in [-0.05, 0) is 13.0 Å². The minimum atomic E-state index is -3.37. The van der Waals surface area contributed by atoms with E-state index in [1.165, 1.54) is 4.31 Å². The second-order valence-corrected chi connectivity index (χ2v) is 7.57. The fraction of sp³-hybridized carbons (Fsp3) is 0.562. The maximum atomic E-state index is 12.1. The van der Waals surface area contributed by atoms with E-state index in [4.69, 9.17) is 9.47 Å². The quantitative estimate of drug-likeness (QED) is 0.695. The molecule has 140 valence electrons. The topological polar surface area (TPSA) is 97.0 Å². The zero-order chi connectivity index (χ0) is 18.1. The Hall–Kier alpha value is -1.84. The van der Waals surface area contributed by atoms with Crippen LogP contribution in [0.1, 0.15) is 12.5 Å². The number of nitrogens with zero attached hydrogens (tertiary/aromatic N) is 1. The Balaban J connectivity index is 1.74. The maximum absolute atomic E-state index is 12.1. The van der Waals surface area contributed by atoms with E-state index < -0.39 is 16.1 Å². The van der Waals surface area contributed by atoms with E-state index in [2.05, 4.69) is 10.6 Å². The fourth-order valence-corrected chi connectivity index (χ4v) is 3.76. The van der Waals surface area contributed by atoms with Crippen molar-refractivity contribution >= 4 is 16.1 Å². The van der Waals surface area contributed by atoms with Gasteiger partial charge >= 0.3 is 6.03 Å². The molecule has 9 heteroatoms. The van der Waals surface area contributed by atoms with E-state index in [0.717, 1.165) is 11.3 Å². The molecule has 0 unspecified atom stereocenters. The zero-order valence-corrected chi connectivity index (χ0v) is 15.2. The highest BCUT2D eigenvalue weighted by Gasteiger charge is 2.23. The van der Waals surface area contributed by atoms with Crippen molar-refractivity contribution in [3.8, 4) is 5.75 Å². The molecule has 0 aliphatic carbocycles. The summed E-state index contributed by atoms with van der Waals surface area (Å²) in [5, 5.41) is 5.28. The number of urea groups is 1. The average molecular weight is 371 g/mol. The van der Waals surface area contributed by atoms with Crippen LogP contribution < -0.4 is 15.4 Å². The second-order valence-electron chi connectivity index (χ2n) is 5.48. The fourth-order valence-electron chi connectivity index (χ4n) is 2.43. The normalized spacial score (nSPS) is 15.6. The second kappa shape index (κ2) is 9.59. The summed E-state index contributed by atoms with van der Waals surface area (Å²) in [5.74, 6) is 0.593. The molecule has 0 saturated carbocycles. The van der Waals surface area contributed by atoms with Crippen molar-refractivity contribution in [3.63, 3.8) is 0 Å². The number of nitrogens with one attached hydrogen (secondary N) is 2. The lowest BCUT2D eigenvalue weighted by Crippen LogP contribution is -2.44. The van der Waals surface area contributed by atoms with Crippen molar-refractivity contribution in [3.05, 3.63) is 29.8 Å². The first-order chi connectivity index (χ1) is 12.0. The molecule has 1 aliphatic rings. The van der Waals surface area contributed by atoms with Gasteiger partial charge < -0.3 is 20.1 Å².